The summed E-state index contributed by atoms with van der Waals surface area (Å²) >= 11 is 6.10. The molecule has 1 aromatic carbocycles. The molecule has 18 heavy (non-hydrogen) atoms. The number of nitrogens with zero attached hydrogens (tertiary/aromatic N) is 4. The molecule has 2 heterocycles. The molecule has 94 valence electrons. The van der Waals surface area contributed by atoms with E-state index < -0.39 is 0 Å². The zero-order valence-corrected chi connectivity index (χ0v) is 10.6. The summed E-state index contributed by atoms with van der Waals surface area (Å²) in [4.78, 5) is 1.50. The maximum Gasteiger partial charge on any atom is 0.175 e. The molecule has 0 radical (unpaired) electrons. The van der Waals surface area contributed by atoms with Crippen molar-refractivity contribution in [2.75, 3.05) is 13.1 Å². The molecule has 1 N–H and O–H groups in total. The van der Waals surface area contributed by atoms with Crippen molar-refractivity contribution in [3.8, 4) is 5.69 Å². The van der Waals surface area contributed by atoms with Gasteiger partial charge >= 0.3 is 0 Å². The van der Waals surface area contributed by atoms with Gasteiger partial charge in [0, 0.05) is 6.42 Å². The molecular formula is C12H14ClN5. The van der Waals surface area contributed by atoms with E-state index in [0.29, 0.717) is 10.9 Å². The highest BCUT2D eigenvalue weighted by atomic mass is 35.5. The molecule has 0 aliphatic carbocycles. The highest BCUT2D eigenvalue weighted by Crippen LogP contribution is 2.18. The lowest BCUT2D eigenvalue weighted by atomic mass is 10.1. The highest BCUT2D eigenvalue weighted by Gasteiger charge is 2.17. The Morgan fingerprint density at radius 3 is 3.06 bits per heavy atom. The number of benzene rings is 1. The average molecular weight is 264 g/mol. The van der Waals surface area contributed by atoms with E-state index in [2.05, 4.69) is 20.7 Å². The Kier molecular flexibility index (Phi) is 3.25. The largest absolute Gasteiger partial charge is 0.316 e. The standard InChI is InChI=1S/C12H14ClN5/c13-10-3-1-2-4-11(10)18-16-12(15-17-18)7-9-5-6-14-8-9/h1-4,9,14H,5-8H2. The van der Waals surface area contributed by atoms with Crippen LogP contribution in [-0.2, 0) is 6.42 Å². The van der Waals surface area contributed by atoms with Crippen LogP contribution in [-0.4, -0.2) is 33.3 Å². The van der Waals surface area contributed by atoms with Crippen LogP contribution in [0.3, 0.4) is 0 Å². The first-order valence-corrected chi connectivity index (χ1v) is 6.45. The molecule has 1 atom stereocenters. The second-order valence-electron chi connectivity index (χ2n) is 4.51. The van der Waals surface area contributed by atoms with Gasteiger partial charge in [0.2, 0.25) is 0 Å². The van der Waals surface area contributed by atoms with E-state index in [9.17, 15) is 0 Å². The summed E-state index contributed by atoms with van der Waals surface area (Å²) in [7, 11) is 0. The molecule has 1 unspecified atom stereocenters. The number of halogens is 1. The van der Waals surface area contributed by atoms with Gasteiger partial charge in [-0.25, -0.2) is 0 Å². The number of para-hydroxylation sites is 1. The maximum absolute atomic E-state index is 6.10. The van der Waals surface area contributed by atoms with Crippen LogP contribution in [0.5, 0.6) is 0 Å². The molecule has 0 saturated carbocycles. The van der Waals surface area contributed by atoms with Gasteiger partial charge in [-0.15, -0.1) is 15.0 Å². The summed E-state index contributed by atoms with van der Waals surface area (Å²) in [6.07, 6.45) is 2.05. The summed E-state index contributed by atoms with van der Waals surface area (Å²) in [6, 6.07) is 7.49. The number of aromatic nitrogens is 4. The zero-order chi connectivity index (χ0) is 12.4. The number of tetrazole rings is 1. The Balaban J connectivity index is 1.79. The quantitative estimate of drug-likeness (QED) is 0.911. The van der Waals surface area contributed by atoms with E-state index in [0.717, 1.165) is 31.0 Å². The minimum atomic E-state index is 0.619. The number of hydrogen-bond acceptors (Lipinski definition) is 4. The monoisotopic (exact) mass is 263 g/mol. The van der Waals surface area contributed by atoms with Crippen molar-refractivity contribution in [2.24, 2.45) is 5.92 Å². The van der Waals surface area contributed by atoms with Crippen molar-refractivity contribution in [1.82, 2.24) is 25.5 Å². The fraction of sp³-hybridized carbons (Fsp3) is 0.417. The van der Waals surface area contributed by atoms with Gasteiger partial charge in [-0.05, 0) is 42.8 Å². The second kappa shape index (κ2) is 5.04. The van der Waals surface area contributed by atoms with E-state index in [1.807, 2.05) is 24.3 Å². The summed E-state index contributed by atoms with van der Waals surface area (Å²) < 4.78 is 0. The third-order valence-corrected chi connectivity index (χ3v) is 3.48. The molecule has 0 spiro atoms. The normalized spacial score (nSPS) is 19.3. The van der Waals surface area contributed by atoms with E-state index >= 15 is 0 Å². The highest BCUT2D eigenvalue weighted by molar-refractivity contribution is 6.32. The fourth-order valence-electron chi connectivity index (χ4n) is 2.19. The summed E-state index contributed by atoms with van der Waals surface area (Å²) in [5, 5.41) is 16.5. The van der Waals surface area contributed by atoms with Crippen molar-refractivity contribution in [2.45, 2.75) is 12.8 Å². The van der Waals surface area contributed by atoms with E-state index in [1.165, 1.54) is 11.2 Å². The fourth-order valence-corrected chi connectivity index (χ4v) is 2.40. The zero-order valence-electron chi connectivity index (χ0n) is 9.88. The second-order valence-corrected chi connectivity index (χ2v) is 4.92. The molecule has 2 aromatic rings. The molecule has 0 amide bonds. The van der Waals surface area contributed by atoms with Crippen LogP contribution in [0.4, 0.5) is 0 Å². The van der Waals surface area contributed by atoms with Gasteiger partial charge in [0.1, 0.15) is 5.69 Å². The summed E-state index contributed by atoms with van der Waals surface area (Å²) in [5.41, 5.74) is 0.766. The Bertz CT molecular complexity index is 533. The molecule has 6 heteroatoms. The van der Waals surface area contributed by atoms with Crippen LogP contribution in [0.15, 0.2) is 24.3 Å². The Hall–Kier alpha value is -1.46. The first-order valence-electron chi connectivity index (χ1n) is 6.07. The Morgan fingerprint density at radius 1 is 1.39 bits per heavy atom. The van der Waals surface area contributed by atoms with Gasteiger partial charge in [0.25, 0.3) is 0 Å². The third-order valence-electron chi connectivity index (χ3n) is 3.16. The molecule has 5 nitrogen and oxygen atoms in total. The summed E-state index contributed by atoms with van der Waals surface area (Å²) in [6.45, 7) is 2.13. The lowest BCUT2D eigenvalue weighted by Gasteiger charge is -2.03. The first kappa shape index (κ1) is 11.6. The smallest absolute Gasteiger partial charge is 0.175 e. The number of rotatable bonds is 3. The Morgan fingerprint density at radius 2 is 2.28 bits per heavy atom. The van der Waals surface area contributed by atoms with E-state index in [1.54, 1.807) is 0 Å². The van der Waals surface area contributed by atoms with Crippen LogP contribution >= 0.6 is 11.6 Å². The molecular weight excluding hydrogens is 250 g/mol. The van der Waals surface area contributed by atoms with Crippen LogP contribution in [0.1, 0.15) is 12.2 Å². The van der Waals surface area contributed by atoms with Gasteiger partial charge in [-0.3, -0.25) is 0 Å². The van der Waals surface area contributed by atoms with Crippen LogP contribution < -0.4 is 5.32 Å². The van der Waals surface area contributed by atoms with Gasteiger partial charge in [-0.2, -0.15) is 0 Å². The maximum atomic E-state index is 6.10. The van der Waals surface area contributed by atoms with Crippen LogP contribution in [0.2, 0.25) is 5.02 Å². The lowest BCUT2D eigenvalue weighted by molar-refractivity contribution is 0.560. The molecule has 1 fully saturated rings. The third kappa shape index (κ3) is 2.37. The van der Waals surface area contributed by atoms with Gasteiger partial charge in [0.15, 0.2) is 5.82 Å². The van der Waals surface area contributed by atoms with Crippen molar-refractivity contribution in [3.05, 3.63) is 35.1 Å². The van der Waals surface area contributed by atoms with Gasteiger partial charge < -0.3 is 5.32 Å². The Labute approximate surface area is 110 Å². The van der Waals surface area contributed by atoms with E-state index in [4.69, 9.17) is 11.6 Å². The minimum Gasteiger partial charge on any atom is -0.316 e. The molecule has 1 aromatic heterocycles. The molecule has 1 saturated heterocycles. The topological polar surface area (TPSA) is 55.6 Å². The average Bonchev–Trinajstić information content (AvgIpc) is 3.02. The molecule has 1 aliphatic heterocycles. The predicted octanol–water partition coefficient (Wildman–Crippen LogP) is 1.47. The SMILES string of the molecule is Clc1ccccc1-n1nnc(CC2CCNC2)n1. The predicted molar refractivity (Wildman–Crippen MR) is 68.8 cm³/mol. The van der Waals surface area contributed by atoms with Crippen LogP contribution in [0, 0.1) is 5.92 Å². The first-order chi connectivity index (χ1) is 8.83. The van der Waals surface area contributed by atoms with Crippen molar-refractivity contribution in [1.29, 1.82) is 0 Å². The van der Waals surface area contributed by atoms with E-state index in [-0.39, 0.29) is 0 Å². The minimum absolute atomic E-state index is 0.619. The van der Waals surface area contributed by atoms with Gasteiger partial charge in [0.05, 0.1) is 5.02 Å². The lowest BCUT2D eigenvalue weighted by Crippen LogP contribution is -2.11. The van der Waals surface area contributed by atoms with Gasteiger partial charge in [-0.1, -0.05) is 23.7 Å². The summed E-state index contributed by atoms with van der Waals surface area (Å²) in [5.74, 6) is 1.40. The molecule has 0 bridgehead atoms. The molecule has 3 rings (SSSR count). The van der Waals surface area contributed by atoms with Crippen LogP contribution in [0.25, 0.3) is 5.69 Å². The van der Waals surface area contributed by atoms with Crippen molar-refractivity contribution < 1.29 is 0 Å². The number of hydrogen-bond donors (Lipinski definition) is 1. The van der Waals surface area contributed by atoms with Crippen molar-refractivity contribution >= 4 is 11.6 Å². The molecule has 1 aliphatic rings. The number of nitrogens with one attached hydrogen (secondary N) is 1. The van der Waals surface area contributed by atoms with Crippen molar-refractivity contribution in [3.63, 3.8) is 0 Å².